The van der Waals surface area contributed by atoms with Crippen LogP contribution in [-0.4, -0.2) is 7.11 Å². The zero-order valence-electron chi connectivity index (χ0n) is 10.0. The molecule has 17 heavy (non-hydrogen) atoms. The van der Waals surface area contributed by atoms with Crippen LogP contribution in [0.3, 0.4) is 0 Å². The van der Waals surface area contributed by atoms with Gasteiger partial charge in [-0.3, -0.25) is 0 Å². The van der Waals surface area contributed by atoms with E-state index in [2.05, 4.69) is 43.3 Å². The van der Waals surface area contributed by atoms with Crippen molar-refractivity contribution >= 4 is 11.6 Å². The molecule has 0 bridgehead atoms. The monoisotopic (exact) mass is 246 g/mol. The molecule has 1 nitrogen and oxygen atoms in total. The van der Waals surface area contributed by atoms with Crippen molar-refractivity contribution in [1.29, 1.82) is 0 Å². The van der Waals surface area contributed by atoms with Gasteiger partial charge < -0.3 is 4.74 Å². The standard InChI is InChI=1S/C15H15ClO/c1-11-9-14(7-8-15(11)17-2)13-5-3-12(10-16)4-6-13/h3-9H,10H2,1-2H3. The molecule has 0 saturated carbocycles. The number of rotatable bonds is 3. The molecule has 0 aliphatic rings. The lowest BCUT2D eigenvalue weighted by atomic mass is 10.0. The normalized spacial score (nSPS) is 10.3. The molecule has 2 aromatic carbocycles. The average molecular weight is 247 g/mol. The summed E-state index contributed by atoms with van der Waals surface area (Å²) in [6, 6.07) is 14.5. The Hall–Kier alpha value is -1.47. The highest BCUT2D eigenvalue weighted by atomic mass is 35.5. The zero-order chi connectivity index (χ0) is 12.3. The van der Waals surface area contributed by atoms with E-state index in [4.69, 9.17) is 16.3 Å². The second-order valence-electron chi connectivity index (χ2n) is 4.01. The highest BCUT2D eigenvalue weighted by Gasteiger charge is 2.02. The van der Waals surface area contributed by atoms with Gasteiger partial charge in [0.2, 0.25) is 0 Å². The maximum Gasteiger partial charge on any atom is 0.121 e. The van der Waals surface area contributed by atoms with E-state index < -0.39 is 0 Å². The van der Waals surface area contributed by atoms with Crippen molar-refractivity contribution < 1.29 is 4.74 Å². The molecule has 0 aliphatic carbocycles. The van der Waals surface area contributed by atoms with E-state index in [0.29, 0.717) is 5.88 Å². The van der Waals surface area contributed by atoms with Crippen molar-refractivity contribution in [3.63, 3.8) is 0 Å². The Morgan fingerprint density at radius 1 is 1.00 bits per heavy atom. The number of alkyl halides is 1. The number of aryl methyl sites for hydroxylation is 1. The summed E-state index contributed by atoms with van der Waals surface area (Å²) in [6.07, 6.45) is 0. The minimum absolute atomic E-state index is 0.557. The molecule has 2 heteroatoms. The minimum Gasteiger partial charge on any atom is -0.496 e. The lowest BCUT2D eigenvalue weighted by molar-refractivity contribution is 0.412. The Bertz CT molecular complexity index is 503. The van der Waals surface area contributed by atoms with Crippen LogP contribution in [-0.2, 0) is 5.88 Å². The Morgan fingerprint density at radius 3 is 2.18 bits per heavy atom. The van der Waals surface area contributed by atoms with Gasteiger partial charge in [0.1, 0.15) is 5.75 Å². The smallest absolute Gasteiger partial charge is 0.121 e. The average Bonchev–Trinajstić information content (AvgIpc) is 2.39. The van der Waals surface area contributed by atoms with Crippen molar-refractivity contribution in [3.8, 4) is 16.9 Å². The van der Waals surface area contributed by atoms with Crippen LogP contribution in [0.25, 0.3) is 11.1 Å². The highest BCUT2D eigenvalue weighted by molar-refractivity contribution is 6.17. The van der Waals surface area contributed by atoms with Crippen molar-refractivity contribution in [2.75, 3.05) is 7.11 Å². The Morgan fingerprint density at radius 2 is 1.65 bits per heavy atom. The maximum atomic E-state index is 5.77. The number of hydrogen-bond acceptors (Lipinski definition) is 1. The third kappa shape index (κ3) is 2.62. The maximum absolute atomic E-state index is 5.77. The topological polar surface area (TPSA) is 9.23 Å². The molecule has 0 saturated heterocycles. The predicted molar refractivity (Wildman–Crippen MR) is 72.7 cm³/mol. The van der Waals surface area contributed by atoms with Crippen molar-refractivity contribution in [3.05, 3.63) is 53.6 Å². The van der Waals surface area contributed by atoms with Gasteiger partial charge in [-0.2, -0.15) is 0 Å². The zero-order valence-corrected chi connectivity index (χ0v) is 10.8. The Labute approximate surface area is 107 Å². The van der Waals surface area contributed by atoms with E-state index in [1.807, 2.05) is 6.07 Å². The molecule has 0 unspecified atom stereocenters. The van der Waals surface area contributed by atoms with Crippen LogP contribution in [0.5, 0.6) is 5.75 Å². The van der Waals surface area contributed by atoms with E-state index in [1.165, 1.54) is 11.1 Å². The molecule has 2 aromatic rings. The Kier molecular flexibility index (Phi) is 3.70. The summed E-state index contributed by atoms with van der Waals surface area (Å²) in [5, 5.41) is 0. The van der Waals surface area contributed by atoms with Gasteiger partial charge in [-0.05, 0) is 41.3 Å². The van der Waals surface area contributed by atoms with Gasteiger partial charge >= 0.3 is 0 Å². The second kappa shape index (κ2) is 5.24. The van der Waals surface area contributed by atoms with E-state index in [1.54, 1.807) is 7.11 Å². The molecule has 0 spiro atoms. The molecule has 0 aliphatic heterocycles. The van der Waals surface area contributed by atoms with Crippen molar-refractivity contribution in [1.82, 2.24) is 0 Å². The molecule has 0 aromatic heterocycles. The first kappa shape index (κ1) is 12.0. The summed E-state index contributed by atoms with van der Waals surface area (Å²) in [4.78, 5) is 0. The quantitative estimate of drug-likeness (QED) is 0.729. The Balaban J connectivity index is 2.35. The SMILES string of the molecule is COc1ccc(-c2ccc(CCl)cc2)cc1C. The van der Waals surface area contributed by atoms with Gasteiger partial charge in [-0.25, -0.2) is 0 Å². The molecule has 0 N–H and O–H groups in total. The lowest BCUT2D eigenvalue weighted by Crippen LogP contribution is -1.88. The molecule has 2 rings (SSSR count). The largest absolute Gasteiger partial charge is 0.496 e. The molecule has 0 amide bonds. The summed E-state index contributed by atoms with van der Waals surface area (Å²) >= 11 is 5.77. The van der Waals surface area contributed by atoms with E-state index >= 15 is 0 Å². The summed E-state index contributed by atoms with van der Waals surface area (Å²) in [5.41, 5.74) is 4.68. The van der Waals surface area contributed by atoms with E-state index in [0.717, 1.165) is 16.9 Å². The van der Waals surface area contributed by atoms with Gasteiger partial charge in [0.05, 0.1) is 7.11 Å². The van der Waals surface area contributed by atoms with Gasteiger partial charge in [0.15, 0.2) is 0 Å². The first-order valence-corrected chi connectivity index (χ1v) is 6.08. The number of methoxy groups -OCH3 is 1. The van der Waals surface area contributed by atoms with Crippen LogP contribution in [0.2, 0.25) is 0 Å². The molecule has 0 heterocycles. The summed E-state index contributed by atoms with van der Waals surface area (Å²) in [6.45, 7) is 2.05. The fourth-order valence-electron chi connectivity index (χ4n) is 1.84. The van der Waals surface area contributed by atoms with Gasteiger partial charge in [0, 0.05) is 5.88 Å². The first-order valence-electron chi connectivity index (χ1n) is 5.54. The fraction of sp³-hybridized carbons (Fsp3) is 0.200. The van der Waals surface area contributed by atoms with Crippen LogP contribution in [0, 0.1) is 6.92 Å². The van der Waals surface area contributed by atoms with Crippen molar-refractivity contribution in [2.24, 2.45) is 0 Å². The summed E-state index contributed by atoms with van der Waals surface area (Å²) in [5.74, 6) is 1.48. The van der Waals surface area contributed by atoms with Crippen LogP contribution >= 0.6 is 11.6 Å². The third-order valence-corrected chi connectivity index (χ3v) is 3.15. The molecular weight excluding hydrogens is 232 g/mol. The molecule has 0 atom stereocenters. The summed E-state index contributed by atoms with van der Waals surface area (Å²) in [7, 11) is 1.69. The molecule has 0 fully saturated rings. The van der Waals surface area contributed by atoms with Gasteiger partial charge in [-0.1, -0.05) is 30.3 Å². The van der Waals surface area contributed by atoms with Crippen LogP contribution < -0.4 is 4.74 Å². The lowest BCUT2D eigenvalue weighted by Gasteiger charge is -2.08. The number of ether oxygens (including phenoxy) is 1. The molecule has 0 radical (unpaired) electrons. The van der Waals surface area contributed by atoms with Crippen LogP contribution in [0.4, 0.5) is 0 Å². The van der Waals surface area contributed by atoms with Crippen LogP contribution in [0.1, 0.15) is 11.1 Å². The summed E-state index contributed by atoms with van der Waals surface area (Å²) < 4.78 is 5.25. The molecule has 88 valence electrons. The third-order valence-electron chi connectivity index (χ3n) is 2.84. The van der Waals surface area contributed by atoms with E-state index in [9.17, 15) is 0 Å². The second-order valence-corrected chi connectivity index (χ2v) is 4.28. The first-order chi connectivity index (χ1) is 8.24. The highest BCUT2D eigenvalue weighted by Crippen LogP contribution is 2.26. The van der Waals surface area contributed by atoms with Crippen LogP contribution in [0.15, 0.2) is 42.5 Å². The number of hydrogen-bond donors (Lipinski definition) is 0. The molecular formula is C15H15ClO. The number of halogens is 1. The van der Waals surface area contributed by atoms with Gasteiger partial charge in [0.25, 0.3) is 0 Å². The van der Waals surface area contributed by atoms with Gasteiger partial charge in [-0.15, -0.1) is 11.6 Å². The predicted octanol–water partition coefficient (Wildman–Crippen LogP) is 4.41. The minimum atomic E-state index is 0.557. The van der Waals surface area contributed by atoms with E-state index in [-0.39, 0.29) is 0 Å². The van der Waals surface area contributed by atoms with Crippen molar-refractivity contribution in [2.45, 2.75) is 12.8 Å². The number of benzene rings is 2. The fourth-order valence-corrected chi connectivity index (χ4v) is 2.02.